The fourth-order valence-electron chi connectivity index (χ4n) is 4.38. The summed E-state index contributed by atoms with van der Waals surface area (Å²) in [5, 5.41) is 8.96. The molecule has 4 rings (SSSR count). The molecule has 3 heterocycles. The largest absolute Gasteiger partial charge is 0.365 e. The lowest BCUT2D eigenvalue weighted by atomic mass is 9.87. The van der Waals surface area contributed by atoms with Gasteiger partial charge in [0.1, 0.15) is 17.2 Å². The first-order valence-electron chi connectivity index (χ1n) is 10.3. The van der Waals surface area contributed by atoms with Gasteiger partial charge in [-0.25, -0.2) is 13.6 Å². The van der Waals surface area contributed by atoms with E-state index in [1.54, 1.807) is 18.1 Å². The highest BCUT2D eigenvalue weighted by Crippen LogP contribution is 2.30. The quantitative estimate of drug-likeness (QED) is 0.674. The smallest absolute Gasteiger partial charge is 0.322 e. The highest BCUT2D eigenvalue weighted by Gasteiger charge is 2.48. The van der Waals surface area contributed by atoms with Gasteiger partial charge in [-0.3, -0.25) is 19.6 Å². The lowest BCUT2D eigenvalue weighted by molar-refractivity contribution is -0.133. The number of halogens is 2. The van der Waals surface area contributed by atoms with E-state index in [1.807, 2.05) is 11.8 Å². The van der Waals surface area contributed by atoms with Crippen LogP contribution in [0.1, 0.15) is 25.3 Å². The monoisotopic (exact) mass is 446 g/mol. The van der Waals surface area contributed by atoms with Crippen LogP contribution >= 0.6 is 0 Å². The van der Waals surface area contributed by atoms with Crippen LogP contribution in [-0.4, -0.2) is 58.2 Å². The maximum absolute atomic E-state index is 13.6. The molecule has 170 valence electrons. The zero-order valence-corrected chi connectivity index (χ0v) is 17.8. The Bertz CT molecular complexity index is 1050. The molecule has 1 unspecified atom stereocenters. The van der Waals surface area contributed by atoms with Crippen molar-refractivity contribution in [3.8, 4) is 0 Å². The normalized spacial score (nSPS) is 23.3. The Morgan fingerprint density at radius 2 is 1.94 bits per heavy atom. The number of rotatable bonds is 5. The summed E-state index contributed by atoms with van der Waals surface area (Å²) in [6, 6.07) is 2.60. The summed E-state index contributed by atoms with van der Waals surface area (Å²) in [6.07, 6.45) is 3.24. The highest BCUT2D eigenvalue weighted by molar-refractivity contribution is 6.07. The molecule has 2 fully saturated rings. The van der Waals surface area contributed by atoms with Gasteiger partial charge >= 0.3 is 6.03 Å². The second-order valence-corrected chi connectivity index (χ2v) is 8.23. The van der Waals surface area contributed by atoms with Gasteiger partial charge < -0.3 is 15.1 Å². The van der Waals surface area contributed by atoms with Crippen LogP contribution in [-0.2, 0) is 22.2 Å². The molecule has 4 amide bonds. The topological polar surface area (TPSA) is 99.6 Å². The number of aryl methyl sites for hydroxylation is 1. The third kappa shape index (κ3) is 4.02. The van der Waals surface area contributed by atoms with E-state index in [9.17, 15) is 23.2 Å². The molecular formula is C21H24F2N6O3. The molecule has 0 spiro atoms. The number of benzene rings is 1. The van der Waals surface area contributed by atoms with Crippen molar-refractivity contribution in [3.63, 3.8) is 0 Å². The summed E-state index contributed by atoms with van der Waals surface area (Å²) < 4.78 is 28.7. The number of piperazine rings is 1. The number of carbonyl (C=O) groups excluding carboxylic acids is 3. The van der Waals surface area contributed by atoms with Crippen molar-refractivity contribution >= 4 is 23.5 Å². The number of hydrogen-bond donors (Lipinski definition) is 2. The highest BCUT2D eigenvalue weighted by atomic mass is 19.1. The minimum absolute atomic E-state index is 0.0317. The van der Waals surface area contributed by atoms with Gasteiger partial charge in [0.25, 0.3) is 5.91 Å². The molecule has 9 nitrogen and oxygen atoms in total. The fraction of sp³-hybridized carbons (Fsp3) is 0.429. The van der Waals surface area contributed by atoms with Crippen molar-refractivity contribution in [1.82, 2.24) is 25.3 Å². The average Bonchev–Trinajstić information content (AvgIpc) is 3.28. The Morgan fingerprint density at radius 3 is 2.50 bits per heavy atom. The zero-order valence-electron chi connectivity index (χ0n) is 17.8. The van der Waals surface area contributed by atoms with Crippen LogP contribution in [0.2, 0.25) is 0 Å². The van der Waals surface area contributed by atoms with Gasteiger partial charge in [0.05, 0.1) is 6.20 Å². The second kappa shape index (κ2) is 8.21. The van der Waals surface area contributed by atoms with Crippen LogP contribution in [0, 0.1) is 11.6 Å². The van der Waals surface area contributed by atoms with Crippen LogP contribution in [0.3, 0.4) is 0 Å². The van der Waals surface area contributed by atoms with Crippen molar-refractivity contribution in [2.24, 2.45) is 7.05 Å². The molecule has 0 aliphatic carbocycles. The molecule has 1 aromatic carbocycles. The van der Waals surface area contributed by atoms with Crippen LogP contribution in [0.4, 0.5) is 19.3 Å². The van der Waals surface area contributed by atoms with Crippen LogP contribution < -0.4 is 15.5 Å². The molecule has 0 radical (unpaired) electrons. The molecule has 0 bridgehead atoms. The van der Waals surface area contributed by atoms with Gasteiger partial charge in [-0.15, -0.1) is 0 Å². The maximum Gasteiger partial charge on any atom is 0.322 e. The predicted octanol–water partition coefficient (Wildman–Crippen LogP) is 1.25. The van der Waals surface area contributed by atoms with Crippen LogP contribution in [0.15, 0.2) is 30.6 Å². The van der Waals surface area contributed by atoms with E-state index >= 15 is 0 Å². The first kappa shape index (κ1) is 21.7. The Morgan fingerprint density at radius 1 is 1.22 bits per heavy atom. The molecule has 0 saturated carbocycles. The standard InChI is InChI=1S/C21H24F2N6O3/c1-13-11-28(5-6-29(13)17-8-15(22)7-16(23)9-17)18(30)3-4-21(14-10-24-27(2)12-14)19(31)25-20(32)26-21/h7-10,12-13H,3-6,11H2,1-2H3,(H2,25,26,31,32)/t13-,21?/m0/s1. The summed E-state index contributed by atoms with van der Waals surface area (Å²) >= 11 is 0. The molecule has 2 atom stereocenters. The number of amides is 4. The third-order valence-corrected chi connectivity index (χ3v) is 6.01. The Kier molecular flexibility index (Phi) is 5.57. The van der Waals surface area contributed by atoms with E-state index in [-0.39, 0.29) is 24.8 Å². The molecule has 2 aliphatic heterocycles. The van der Waals surface area contributed by atoms with Gasteiger partial charge in [-0.1, -0.05) is 0 Å². The Labute approximate surface area is 183 Å². The van der Waals surface area contributed by atoms with Gasteiger partial charge in [-0.05, 0) is 25.5 Å². The maximum atomic E-state index is 13.6. The van der Waals surface area contributed by atoms with Gasteiger partial charge in [-0.2, -0.15) is 5.10 Å². The lowest BCUT2D eigenvalue weighted by Crippen LogP contribution is -2.54. The van der Waals surface area contributed by atoms with Crippen molar-refractivity contribution in [2.75, 3.05) is 24.5 Å². The second-order valence-electron chi connectivity index (χ2n) is 8.23. The third-order valence-electron chi connectivity index (χ3n) is 6.01. The van der Waals surface area contributed by atoms with E-state index in [2.05, 4.69) is 15.7 Å². The number of imide groups is 1. The number of anilines is 1. The summed E-state index contributed by atoms with van der Waals surface area (Å²) in [7, 11) is 1.70. The summed E-state index contributed by atoms with van der Waals surface area (Å²) in [5.74, 6) is -1.99. The first-order valence-corrected chi connectivity index (χ1v) is 10.3. The van der Waals surface area contributed by atoms with E-state index in [0.717, 1.165) is 6.07 Å². The van der Waals surface area contributed by atoms with Crippen molar-refractivity contribution < 1.29 is 23.2 Å². The van der Waals surface area contributed by atoms with Gasteiger partial charge in [0, 0.05) is 62.7 Å². The van der Waals surface area contributed by atoms with Crippen LogP contribution in [0.5, 0.6) is 0 Å². The first-order chi connectivity index (χ1) is 15.2. The minimum atomic E-state index is -1.35. The number of hydrogen-bond acceptors (Lipinski definition) is 5. The molecule has 2 N–H and O–H groups in total. The summed E-state index contributed by atoms with van der Waals surface area (Å²) in [4.78, 5) is 40.9. The van der Waals surface area contributed by atoms with Crippen molar-refractivity contribution in [3.05, 3.63) is 47.8 Å². The molecule has 2 saturated heterocycles. The molecule has 11 heteroatoms. The number of nitrogens with zero attached hydrogens (tertiary/aromatic N) is 4. The molecular weight excluding hydrogens is 422 g/mol. The van der Waals surface area contributed by atoms with E-state index in [1.165, 1.54) is 23.0 Å². The van der Waals surface area contributed by atoms with Crippen molar-refractivity contribution in [2.45, 2.75) is 31.3 Å². The average molecular weight is 446 g/mol. The van der Waals surface area contributed by atoms with E-state index in [4.69, 9.17) is 0 Å². The van der Waals surface area contributed by atoms with E-state index < -0.39 is 29.1 Å². The summed E-state index contributed by atoms with van der Waals surface area (Å²) in [5.41, 5.74) is -0.418. The fourth-order valence-corrected chi connectivity index (χ4v) is 4.38. The SMILES string of the molecule is C[C@H]1CN(C(=O)CCC2(c3cnn(C)c3)NC(=O)NC2=O)CCN1c1cc(F)cc(F)c1. The number of aromatic nitrogens is 2. The zero-order chi connectivity index (χ0) is 23.0. The van der Waals surface area contributed by atoms with Gasteiger partial charge in [0.15, 0.2) is 0 Å². The lowest BCUT2D eigenvalue weighted by Gasteiger charge is -2.41. The number of carbonyl (C=O) groups is 3. The van der Waals surface area contributed by atoms with Crippen molar-refractivity contribution in [1.29, 1.82) is 0 Å². The molecule has 1 aromatic heterocycles. The Hall–Kier alpha value is -3.50. The predicted molar refractivity (Wildman–Crippen MR) is 111 cm³/mol. The minimum Gasteiger partial charge on any atom is -0.365 e. The van der Waals surface area contributed by atoms with E-state index in [0.29, 0.717) is 30.9 Å². The summed E-state index contributed by atoms with van der Waals surface area (Å²) in [6.45, 7) is 3.04. The molecule has 32 heavy (non-hydrogen) atoms. The van der Waals surface area contributed by atoms with Gasteiger partial charge in [0.2, 0.25) is 5.91 Å². The Balaban J connectivity index is 1.43. The number of urea groups is 1. The molecule has 2 aliphatic rings. The number of nitrogens with one attached hydrogen (secondary N) is 2. The molecule has 2 aromatic rings. The van der Waals surface area contributed by atoms with Crippen LogP contribution in [0.25, 0.3) is 0 Å².